The van der Waals surface area contributed by atoms with Gasteiger partial charge in [-0.05, 0) is 31.2 Å². The molecule has 0 saturated heterocycles. The molecule has 2 aromatic heterocycles. The van der Waals surface area contributed by atoms with Gasteiger partial charge in [0.15, 0.2) is 11.8 Å². The minimum atomic E-state index is -0.403. The van der Waals surface area contributed by atoms with E-state index < -0.39 is 6.10 Å². The second kappa shape index (κ2) is 6.10. The molecule has 0 fully saturated rings. The molecule has 3 aromatic rings. The molecule has 0 saturated carbocycles. The number of rotatable bonds is 4. The maximum atomic E-state index is 6.13. The summed E-state index contributed by atoms with van der Waals surface area (Å²) in [6, 6.07) is 7.19. The molecule has 0 spiro atoms. The topological polar surface area (TPSA) is 66.0 Å². The van der Waals surface area contributed by atoms with Crippen molar-refractivity contribution in [3.05, 3.63) is 45.8 Å². The molecule has 114 valence electrons. The van der Waals surface area contributed by atoms with E-state index in [1.807, 2.05) is 20.0 Å². The van der Waals surface area contributed by atoms with Crippen molar-refractivity contribution in [1.29, 1.82) is 0 Å². The highest BCUT2D eigenvalue weighted by atomic mass is 79.9. The first kappa shape index (κ1) is 15.1. The zero-order valence-electron chi connectivity index (χ0n) is 11.8. The Morgan fingerprint density at radius 3 is 2.86 bits per heavy atom. The first-order valence-corrected chi connectivity index (χ1v) is 7.65. The number of ether oxygens (including phenoxy) is 1. The molecular weight excluding hydrogens is 372 g/mol. The number of hydrogen-bond donors (Lipinski definition) is 0. The molecule has 0 N–H and O–H groups in total. The van der Waals surface area contributed by atoms with E-state index in [-0.39, 0.29) is 0 Å². The van der Waals surface area contributed by atoms with Gasteiger partial charge in [-0.3, -0.25) is 4.68 Å². The zero-order valence-corrected chi connectivity index (χ0v) is 14.2. The number of aromatic nitrogens is 4. The van der Waals surface area contributed by atoms with Gasteiger partial charge in [0.2, 0.25) is 5.82 Å². The van der Waals surface area contributed by atoms with Gasteiger partial charge in [-0.25, -0.2) is 0 Å². The molecule has 0 bridgehead atoms. The van der Waals surface area contributed by atoms with Crippen molar-refractivity contribution in [3.8, 4) is 17.3 Å². The highest BCUT2D eigenvalue weighted by Crippen LogP contribution is 2.31. The number of hydrogen-bond acceptors (Lipinski definition) is 5. The predicted octanol–water partition coefficient (Wildman–Crippen LogP) is 4.03. The Balaban J connectivity index is 1.78. The van der Waals surface area contributed by atoms with E-state index >= 15 is 0 Å². The second-order valence-electron chi connectivity index (χ2n) is 4.67. The normalized spacial score (nSPS) is 12.4. The maximum Gasteiger partial charge on any atom is 0.278 e. The van der Waals surface area contributed by atoms with Crippen LogP contribution in [0.15, 0.2) is 39.5 Å². The van der Waals surface area contributed by atoms with Crippen LogP contribution >= 0.6 is 27.5 Å². The maximum absolute atomic E-state index is 6.13. The second-order valence-corrected chi connectivity index (χ2v) is 5.99. The lowest BCUT2D eigenvalue weighted by Gasteiger charge is -2.12. The van der Waals surface area contributed by atoms with Gasteiger partial charge in [-0.1, -0.05) is 32.7 Å². The number of benzene rings is 1. The fraction of sp³-hybridized carbons (Fsp3) is 0.214. The fourth-order valence-electron chi connectivity index (χ4n) is 1.85. The summed E-state index contributed by atoms with van der Waals surface area (Å²) < 4.78 is 13.5. The van der Waals surface area contributed by atoms with Gasteiger partial charge in [0.1, 0.15) is 5.75 Å². The van der Waals surface area contributed by atoms with Crippen LogP contribution < -0.4 is 4.74 Å². The minimum absolute atomic E-state index is 0.355. The molecule has 3 rings (SSSR count). The summed E-state index contributed by atoms with van der Waals surface area (Å²) in [6.45, 7) is 1.82. The van der Waals surface area contributed by atoms with Gasteiger partial charge in [0.05, 0.1) is 5.02 Å². The molecule has 2 heterocycles. The van der Waals surface area contributed by atoms with E-state index in [4.69, 9.17) is 20.9 Å². The number of halogens is 2. The van der Waals surface area contributed by atoms with Crippen LogP contribution in [-0.4, -0.2) is 19.9 Å². The lowest BCUT2D eigenvalue weighted by atomic mass is 10.3. The molecule has 1 unspecified atom stereocenters. The van der Waals surface area contributed by atoms with Crippen LogP contribution in [0.1, 0.15) is 18.9 Å². The molecular formula is C14H12BrClN4O2. The van der Waals surface area contributed by atoms with Crippen molar-refractivity contribution in [2.45, 2.75) is 13.0 Å². The average Bonchev–Trinajstić information content (AvgIpc) is 3.10. The Labute approximate surface area is 140 Å². The predicted molar refractivity (Wildman–Crippen MR) is 84.7 cm³/mol. The van der Waals surface area contributed by atoms with Gasteiger partial charge in [-0.2, -0.15) is 10.1 Å². The Bertz CT molecular complexity index is 802. The summed E-state index contributed by atoms with van der Waals surface area (Å²) in [5.74, 6) is 1.34. The molecule has 1 aromatic carbocycles. The van der Waals surface area contributed by atoms with Gasteiger partial charge >= 0.3 is 0 Å². The summed E-state index contributed by atoms with van der Waals surface area (Å²) in [7, 11) is 1.82. The number of aryl methyl sites for hydroxylation is 1. The van der Waals surface area contributed by atoms with Gasteiger partial charge < -0.3 is 9.26 Å². The van der Waals surface area contributed by atoms with Gasteiger partial charge in [-0.15, -0.1) is 0 Å². The Morgan fingerprint density at radius 1 is 1.36 bits per heavy atom. The van der Waals surface area contributed by atoms with Crippen LogP contribution in [0, 0.1) is 0 Å². The fourth-order valence-corrected chi connectivity index (χ4v) is 2.57. The van der Waals surface area contributed by atoms with Gasteiger partial charge in [0, 0.05) is 17.7 Å². The Morgan fingerprint density at radius 2 is 2.18 bits per heavy atom. The van der Waals surface area contributed by atoms with Crippen LogP contribution in [0.5, 0.6) is 5.75 Å². The SMILES string of the molecule is CC(Oc1ccc(Br)cc1Cl)c1noc(-c2ccn(C)n2)n1. The van der Waals surface area contributed by atoms with E-state index in [0.717, 1.165) is 4.47 Å². The Hall–Kier alpha value is -1.86. The van der Waals surface area contributed by atoms with E-state index in [1.165, 1.54) is 0 Å². The first-order valence-electron chi connectivity index (χ1n) is 6.48. The van der Waals surface area contributed by atoms with Crippen LogP contribution in [0.3, 0.4) is 0 Å². The molecule has 0 aliphatic heterocycles. The van der Waals surface area contributed by atoms with Crippen molar-refractivity contribution in [3.63, 3.8) is 0 Å². The molecule has 1 atom stereocenters. The monoisotopic (exact) mass is 382 g/mol. The minimum Gasteiger partial charge on any atom is -0.481 e. The largest absolute Gasteiger partial charge is 0.481 e. The van der Waals surface area contributed by atoms with E-state index in [2.05, 4.69) is 31.2 Å². The molecule has 6 nitrogen and oxygen atoms in total. The van der Waals surface area contributed by atoms with Crippen LogP contribution in [0.4, 0.5) is 0 Å². The third-order valence-electron chi connectivity index (χ3n) is 2.94. The van der Waals surface area contributed by atoms with Crippen LogP contribution in [0.25, 0.3) is 11.6 Å². The quantitative estimate of drug-likeness (QED) is 0.680. The van der Waals surface area contributed by atoms with E-state index in [0.29, 0.717) is 28.2 Å². The van der Waals surface area contributed by atoms with Crippen LogP contribution in [-0.2, 0) is 7.05 Å². The summed E-state index contributed by atoms with van der Waals surface area (Å²) in [6.07, 6.45) is 1.40. The van der Waals surface area contributed by atoms with Crippen molar-refractivity contribution >= 4 is 27.5 Å². The number of nitrogens with zero attached hydrogens (tertiary/aromatic N) is 4. The first-order chi connectivity index (χ1) is 10.5. The third kappa shape index (κ3) is 3.15. The lowest BCUT2D eigenvalue weighted by molar-refractivity contribution is 0.211. The molecule has 0 aliphatic carbocycles. The average molecular weight is 384 g/mol. The van der Waals surface area contributed by atoms with Crippen molar-refractivity contribution < 1.29 is 9.26 Å². The summed E-state index contributed by atoms with van der Waals surface area (Å²) in [5.41, 5.74) is 0.620. The van der Waals surface area contributed by atoms with Crippen molar-refractivity contribution in [2.75, 3.05) is 0 Å². The smallest absolute Gasteiger partial charge is 0.278 e. The molecule has 22 heavy (non-hydrogen) atoms. The lowest BCUT2D eigenvalue weighted by Crippen LogP contribution is -2.05. The standard InChI is InChI=1S/C14H12BrClN4O2/c1-8(21-12-4-3-9(15)7-10(12)16)13-17-14(22-19-13)11-5-6-20(2)18-11/h3-8H,1-2H3. The summed E-state index contributed by atoms with van der Waals surface area (Å²) in [4.78, 5) is 4.31. The third-order valence-corrected chi connectivity index (χ3v) is 3.72. The van der Waals surface area contributed by atoms with Gasteiger partial charge in [0.25, 0.3) is 5.89 Å². The molecule has 0 amide bonds. The van der Waals surface area contributed by atoms with E-state index in [1.54, 1.807) is 29.1 Å². The molecule has 0 radical (unpaired) electrons. The van der Waals surface area contributed by atoms with Crippen LogP contribution in [0.2, 0.25) is 5.02 Å². The molecule has 8 heteroatoms. The zero-order chi connectivity index (χ0) is 15.7. The highest BCUT2D eigenvalue weighted by molar-refractivity contribution is 9.10. The summed E-state index contributed by atoms with van der Waals surface area (Å²) >= 11 is 9.48. The van der Waals surface area contributed by atoms with Crippen molar-refractivity contribution in [2.24, 2.45) is 7.05 Å². The van der Waals surface area contributed by atoms with Crippen molar-refractivity contribution in [1.82, 2.24) is 19.9 Å². The molecule has 0 aliphatic rings. The Kier molecular flexibility index (Phi) is 4.17. The highest BCUT2D eigenvalue weighted by Gasteiger charge is 2.18. The summed E-state index contributed by atoms with van der Waals surface area (Å²) in [5, 5.41) is 8.66. The van der Waals surface area contributed by atoms with E-state index in [9.17, 15) is 0 Å².